The third-order valence-corrected chi connectivity index (χ3v) is 11.7. The molecule has 0 aliphatic carbocycles. The average molecular weight is 856 g/mol. The fraction of sp³-hybridized carbons (Fsp3) is 0.791. The zero-order valence-electron chi connectivity index (χ0n) is 37.2. The highest BCUT2D eigenvalue weighted by Gasteiger charge is 2.50. The van der Waals surface area contributed by atoms with Crippen LogP contribution < -0.4 is 0 Å². The Morgan fingerprint density at radius 1 is 0.883 bits per heavy atom. The zero-order valence-corrected chi connectivity index (χ0v) is 37.2. The van der Waals surface area contributed by atoms with Gasteiger partial charge in [0.2, 0.25) is 0 Å². The number of hydrogen-bond acceptors (Lipinski definition) is 17. The molecule has 8 unspecified atom stereocenters. The minimum absolute atomic E-state index is 0.0264. The van der Waals surface area contributed by atoms with E-state index >= 15 is 0 Å². The maximum Gasteiger partial charge on any atom is 0.308 e. The van der Waals surface area contributed by atoms with E-state index in [1.807, 2.05) is 13.0 Å². The summed E-state index contributed by atoms with van der Waals surface area (Å²) in [5.41, 5.74) is 0.675. The molecule has 3 aliphatic rings. The molecule has 0 radical (unpaired) electrons. The Balaban J connectivity index is 2.00. The Morgan fingerprint density at radius 2 is 1.50 bits per heavy atom. The molecule has 0 saturated carbocycles. The fourth-order valence-corrected chi connectivity index (χ4v) is 8.39. The topological polar surface area (TPSA) is 212 Å². The molecule has 342 valence electrons. The van der Waals surface area contributed by atoms with Gasteiger partial charge in [-0.3, -0.25) is 19.2 Å². The van der Waals surface area contributed by atoms with Crippen molar-refractivity contribution in [1.82, 2.24) is 4.90 Å². The number of esters is 3. The van der Waals surface area contributed by atoms with E-state index in [0.717, 1.165) is 0 Å². The van der Waals surface area contributed by atoms with Gasteiger partial charge in [0.25, 0.3) is 0 Å². The molecule has 2 N–H and O–H groups in total. The van der Waals surface area contributed by atoms with Gasteiger partial charge in [0.05, 0.1) is 49.6 Å². The monoisotopic (exact) mass is 855 g/mol. The number of carbonyl (C=O) groups is 5. The fourth-order valence-electron chi connectivity index (χ4n) is 8.39. The molecule has 3 heterocycles. The predicted molar refractivity (Wildman–Crippen MR) is 215 cm³/mol. The summed E-state index contributed by atoms with van der Waals surface area (Å²) in [6.45, 7) is 12.9. The number of nitrogens with zero attached hydrogens (tertiary/aromatic N) is 1. The molecule has 2 fully saturated rings. The summed E-state index contributed by atoms with van der Waals surface area (Å²) in [6, 6.07) is -0.745. The van der Waals surface area contributed by atoms with Crippen LogP contribution in [-0.2, 0) is 66.6 Å². The molecule has 3 aliphatic heterocycles. The molecule has 0 aromatic heterocycles. The summed E-state index contributed by atoms with van der Waals surface area (Å²) >= 11 is 0. The average Bonchev–Trinajstić information content (AvgIpc) is 3.17. The number of hydrogen-bond donors (Lipinski definition) is 2. The number of aliphatic hydroxyl groups is 2. The number of allylic oxidation sites excluding steroid dienone is 3. The highest BCUT2D eigenvalue weighted by atomic mass is 16.7. The minimum atomic E-state index is -1.36. The van der Waals surface area contributed by atoms with Crippen LogP contribution in [0.25, 0.3) is 0 Å². The molecule has 0 bridgehead atoms. The second kappa shape index (κ2) is 23.9. The molecule has 17 nitrogen and oxygen atoms in total. The molecule has 0 aromatic carbocycles. The van der Waals surface area contributed by atoms with E-state index in [0.29, 0.717) is 18.3 Å². The summed E-state index contributed by atoms with van der Waals surface area (Å²) in [5, 5.41) is 22.8. The summed E-state index contributed by atoms with van der Waals surface area (Å²) < 4.78 is 53.8. The Morgan fingerprint density at radius 3 is 2.07 bits per heavy atom. The number of ketones is 1. The van der Waals surface area contributed by atoms with Crippen molar-refractivity contribution in [3.63, 3.8) is 0 Å². The van der Waals surface area contributed by atoms with Crippen molar-refractivity contribution >= 4 is 30.0 Å². The molecule has 60 heavy (non-hydrogen) atoms. The van der Waals surface area contributed by atoms with Gasteiger partial charge < -0.3 is 62.5 Å². The Bertz CT molecular complexity index is 1490. The number of likely N-dealkylation sites (N-methyl/N-ethyl adjacent to an activating group) is 1. The summed E-state index contributed by atoms with van der Waals surface area (Å²) in [5.74, 6) is -4.76. The molecule has 17 atom stereocenters. The van der Waals surface area contributed by atoms with Crippen molar-refractivity contribution in [1.29, 1.82) is 0 Å². The van der Waals surface area contributed by atoms with Crippen molar-refractivity contribution in [2.24, 2.45) is 23.7 Å². The van der Waals surface area contributed by atoms with Crippen LogP contribution in [0.15, 0.2) is 23.8 Å². The number of rotatable bonds is 13. The first kappa shape index (κ1) is 51.2. The zero-order chi connectivity index (χ0) is 45.0. The van der Waals surface area contributed by atoms with E-state index in [9.17, 15) is 34.2 Å². The minimum Gasteiger partial charge on any atom is -0.462 e. The van der Waals surface area contributed by atoms with Gasteiger partial charge in [-0.25, -0.2) is 0 Å². The van der Waals surface area contributed by atoms with Gasteiger partial charge in [0, 0.05) is 52.2 Å². The van der Waals surface area contributed by atoms with Gasteiger partial charge in [-0.05, 0) is 59.7 Å². The number of carbonyl (C=O) groups excluding carboxylic acids is 5. The van der Waals surface area contributed by atoms with Gasteiger partial charge in [0.1, 0.15) is 24.6 Å². The lowest BCUT2D eigenvalue weighted by atomic mass is 9.79. The first-order chi connectivity index (χ1) is 28.3. The highest BCUT2D eigenvalue weighted by Crippen LogP contribution is 2.36. The van der Waals surface area contributed by atoms with Crippen LogP contribution in [0.4, 0.5) is 0 Å². The van der Waals surface area contributed by atoms with Crippen molar-refractivity contribution < 1.29 is 76.8 Å². The number of cyclic esters (lactones) is 1. The van der Waals surface area contributed by atoms with Crippen molar-refractivity contribution in [3.8, 4) is 0 Å². The number of ether oxygens (including phenoxy) is 9. The van der Waals surface area contributed by atoms with Gasteiger partial charge in [-0.15, -0.1) is 0 Å². The number of methoxy groups -OCH3 is 2. The first-order valence-electron chi connectivity index (χ1n) is 20.8. The largest absolute Gasteiger partial charge is 0.462 e. The molecule has 0 spiro atoms. The smallest absolute Gasteiger partial charge is 0.308 e. The van der Waals surface area contributed by atoms with Crippen molar-refractivity contribution in [3.05, 3.63) is 23.8 Å². The SMILES string of the molecule is CCC1OC(=O)CC(O)C(C)C(O[C@@H]2O[C@H](C)[C@@H](O)[C@H](N(C)C)[C@H]2OC(C)=O)C(CC=O)CC(C)C(=O)/C=C/C(C)=C/C1COC1O[C@H](C)[C@@H](OC(C)=O)[C@@H](OC)[C@H]1OC. The quantitative estimate of drug-likeness (QED) is 0.155. The van der Waals surface area contributed by atoms with Crippen LogP contribution in [0.3, 0.4) is 0 Å². The van der Waals surface area contributed by atoms with Crippen LogP contribution >= 0.6 is 0 Å². The van der Waals surface area contributed by atoms with Gasteiger partial charge in [-0.1, -0.05) is 38.5 Å². The van der Waals surface area contributed by atoms with E-state index in [-0.39, 0.29) is 25.2 Å². The lowest BCUT2D eigenvalue weighted by Gasteiger charge is -2.47. The van der Waals surface area contributed by atoms with Gasteiger partial charge in [0.15, 0.2) is 30.6 Å². The molecule has 3 rings (SSSR count). The number of aldehydes is 1. The van der Waals surface area contributed by atoms with Crippen LogP contribution in [0, 0.1) is 23.7 Å². The van der Waals surface area contributed by atoms with E-state index in [4.69, 9.17) is 42.6 Å². The molecular weight excluding hydrogens is 786 g/mol. The molecular formula is C43H69NO16. The van der Waals surface area contributed by atoms with E-state index < -0.39 is 128 Å². The van der Waals surface area contributed by atoms with Crippen LogP contribution in [0.1, 0.15) is 81.1 Å². The van der Waals surface area contributed by atoms with E-state index in [1.165, 1.54) is 34.1 Å². The molecule has 0 aromatic rings. The molecule has 0 amide bonds. The Labute approximate surface area is 354 Å². The van der Waals surface area contributed by atoms with E-state index in [2.05, 4.69) is 0 Å². The maximum atomic E-state index is 13.7. The second-order valence-electron chi connectivity index (χ2n) is 16.5. The number of aliphatic hydroxyl groups excluding tert-OH is 2. The lowest BCUT2D eigenvalue weighted by molar-refractivity contribution is -0.306. The Kier molecular flexibility index (Phi) is 20.4. The molecule has 17 heteroatoms. The normalized spacial score (nSPS) is 40.2. The van der Waals surface area contributed by atoms with Crippen molar-refractivity contribution in [2.75, 3.05) is 34.9 Å². The predicted octanol–water partition coefficient (Wildman–Crippen LogP) is 2.70. The first-order valence-corrected chi connectivity index (χ1v) is 20.8. The second-order valence-corrected chi connectivity index (χ2v) is 16.5. The lowest BCUT2D eigenvalue weighted by Crippen LogP contribution is -2.64. The maximum absolute atomic E-state index is 13.7. The third kappa shape index (κ3) is 13.7. The third-order valence-electron chi connectivity index (χ3n) is 11.7. The van der Waals surface area contributed by atoms with Gasteiger partial charge in [-0.2, -0.15) is 0 Å². The Hall–Kier alpha value is -3.13. The summed E-state index contributed by atoms with van der Waals surface area (Å²) in [4.78, 5) is 65.5. The van der Waals surface area contributed by atoms with Crippen LogP contribution in [-0.4, -0.2) is 160 Å². The van der Waals surface area contributed by atoms with E-state index in [1.54, 1.807) is 59.7 Å². The highest BCUT2D eigenvalue weighted by molar-refractivity contribution is 5.91. The van der Waals surface area contributed by atoms with Crippen molar-refractivity contribution in [2.45, 2.75) is 161 Å². The van der Waals surface area contributed by atoms with Crippen LogP contribution in [0.5, 0.6) is 0 Å². The summed E-state index contributed by atoms with van der Waals surface area (Å²) in [6.07, 6.45) is -5.53. The standard InChI is InChI=1S/C43H69NO16/c1-13-33-30(21-54-42-41(53-12)40(52-11)38(26(6)56-42)57-27(7)46)18-22(2)14-15-31(48)23(3)19-29(16-17-45)37(24(4)32(49)20-34(50)59-33)60-43-39(58-28(8)47)35(44(9)10)36(51)25(5)55-43/h14-15,17-18,23-26,29-30,32-33,35-43,49,51H,13,16,19-21H2,1-12H3/b15-14+,22-18+/t23?,24?,25-,26-,29?,30?,32?,33?,35+,36-,37?,38-,39-,40-,41-,42?,43+/m1/s1. The van der Waals surface area contributed by atoms with Gasteiger partial charge >= 0.3 is 17.9 Å². The van der Waals surface area contributed by atoms with Crippen LogP contribution in [0.2, 0.25) is 0 Å². The molecule has 2 saturated heterocycles. The summed E-state index contributed by atoms with van der Waals surface area (Å²) in [7, 11) is 6.37.